The predicted octanol–water partition coefficient (Wildman–Crippen LogP) is 1.25. The van der Waals surface area contributed by atoms with Gasteiger partial charge >= 0.3 is 5.97 Å². The number of benzene rings is 1. The summed E-state index contributed by atoms with van der Waals surface area (Å²) < 4.78 is 16.0. The van der Waals surface area contributed by atoms with Gasteiger partial charge in [-0.25, -0.2) is 0 Å². The fourth-order valence-electron chi connectivity index (χ4n) is 2.10. The van der Waals surface area contributed by atoms with Gasteiger partial charge in [-0.2, -0.15) is 0 Å². The van der Waals surface area contributed by atoms with Crippen LogP contribution < -0.4 is 4.74 Å². The summed E-state index contributed by atoms with van der Waals surface area (Å²) in [4.78, 5) is 13.3. The second-order valence-corrected chi connectivity index (χ2v) is 4.93. The van der Waals surface area contributed by atoms with E-state index < -0.39 is 0 Å². The van der Waals surface area contributed by atoms with Gasteiger partial charge in [0.15, 0.2) is 0 Å². The first kappa shape index (κ1) is 14.8. The zero-order chi connectivity index (χ0) is 14.4. The molecule has 1 atom stereocenters. The Morgan fingerprint density at radius 1 is 1.40 bits per heavy atom. The molecule has 0 unspecified atom stereocenters. The molecule has 5 nitrogen and oxygen atoms in total. The highest BCUT2D eigenvalue weighted by atomic mass is 16.5. The van der Waals surface area contributed by atoms with Crippen LogP contribution in [0.1, 0.15) is 5.56 Å². The Labute approximate surface area is 119 Å². The number of nitrogens with zero attached hydrogens (tertiary/aromatic N) is 1. The van der Waals surface area contributed by atoms with Gasteiger partial charge < -0.3 is 14.2 Å². The number of methoxy groups -OCH3 is 1. The number of ether oxygens (including phenoxy) is 3. The van der Waals surface area contributed by atoms with E-state index in [1.54, 1.807) is 0 Å². The number of hydrogen-bond donors (Lipinski definition) is 0. The highest BCUT2D eigenvalue weighted by Gasteiger charge is 2.22. The molecule has 2 rings (SSSR count). The summed E-state index contributed by atoms with van der Waals surface area (Å²) in [6.45, 7) is 4.87. The summed E-state index contributed by atoms with van der Waals surface area (Å²) in [6.07, 6.45) is -0.0188. The molecule has 1 aliphatic heterocycles. The molecule has 0 spiro atoms. The fourth-order valence-corrected chi connectivity index (χ4v) is 2.10. The van der Waals surface area contributed by atoms with Crippen molar-refractivity contribution in [1.29, 1.82) is 0 Å². The molecule has 0 aliphatic carbocycles. The van der Waals surface area contributed by atoms with Crippen molar-refractivity contribution in [1.82, 2.24) is 4.90 Å². The van der Waals surface area contributed by atoms with E-state index in [2.05, 4.69) is 4.74 Å². The normalized spacial score (nSPS) is 19.6. The van der Waals surface area contributed by atoms with Crippen LogP contribution in [0.15, 0.2) is 24.3 Å². The number of carbonyl (C=O) groups is 1. The molecule has 1 aromatic rings. The van der Waals surface area contributed by atoms with Gasteiger partial charge in [0.2, 0.25) is 0 Å². The van der Waals surface area contributed by atoms with Crippen LogP contribution in [-0.2, 0) is 14.3 Å². The van der Waals surface area contributed by atoms with E-state index in [0.717, 1.165) is 12.3 Å². The number of esters is 1. The van der Waals surface area contributed by atoms with E-state index in [1.165, 1.54) is 12.7 Å². The van der Waals surface area contributed by atoms with Crippen LogP contribution in [0.4, 0.5) is 0 Å². The molecule has 5 heteroatoms. The number of morpholine rings is 1. The SMILES string of the molecule is COC(=O)CN1CCO[C@H](COc2ccc(C)cc2)C1. The zero-order valence-electron chi connectivity index (χ0n) is 12.0. The lowest BCUT2D eigenvalue weighted by molar-refractivity contribution is -0.144. The summed E-state index contributed by atoms with van der Waals surface area (Å²) in [7, 11) is 1.40. The summed E-state index contributed by atoms with van der Waals surface area (Å²) in [6, 6.07) is 7.93. The van der Waals surface area contributed by atoms with E-state index in [4.69, 9.17) is 9.47 Å². The average Bonchev–Trinajstić information content (AvgIpc) is 2.47. The minimum Gasteiger partial charge on any atom is -0.491 e. The molecule has 20 heavy (non-hydrogen) atoms. The van der Waals surface area contributed by atoms with E-state index >= 15 is 0 Å². The molecule has 0 saturated carbocycles. The summed E-state index contributed by atoms with van der Waals surface area (Å²) in [5.41, 5.74) is 1.20. The van der Waals surface area contributed by atoms with Crippen molar-refractivity contribution in [3.8, 4) is 5.75 Å². The van der Waals surface area contributed by atoms with Gasteiger partial charge in [0.05, 0.1) is 20.3 Å². The van der Waals surface area contributed by atoms with Gasteiger partial charge in [-0.05, 0) is 19.1 Å². The molecule has 0 N–H and O–H groups in total. The maximum atomic E-state index is 11.3. The van der Waals surface area contributed by atoms with Crippen LogP contribution in [0.2, 0.25) is 0 Å². The Morgan fingerprint density at radius 2 is 2.15 bits per heavy atom. The third kappa shape index (κ3) is 4.51. The van der Waals surface area contributed by atoms with Crippen LogP contribution in [0.25, 0.3) is 0 Å². The first-order valence-electron chi connectivity index (χ1n) is 6.77. The summed E-state index contributed by atoms with van der Waals surface area (Å²) >= 11 is 0. The molecule has 0 radical (unpaired) electrons. The predicted molar refractivity (Wildman–Crippen MR) is 74.9 cm³/mol. The minimum atomic E-state index is -0.217. The minimum absolute atomic E-state index is 0.0188. The van der Waals surface area contributed by atoms with Gasteiger partial charge in [-0.3, -0.25) is 9.69 Å². The lowest BCUT2D eigenvalue weighted by Gasteiger charge is -2.31. The first-order valence-corrected chi connectivity index (χ1v) is 6.77. The highest BCUT2D eigenvalue weighted by molar-refractivity contribution is 5.71. The van der Waals surface area contributed by atoms with Crippen molar-refractivity contribution in [2.45, 2.75) is 13.0 Å². The molecule has 1 heterocycles. The lowest BCUT2D eigenvalue weighted by atomic mass is 10.2. The van der Waals surface area contributed by atoms with E-state index in [1.807, 2.05) is 36.1 Å². The summed E-state index contributed by atoms with van der Waals surface area (Å²) in [5, 5.41) is 0. The molecule has 1 fully saturated rings. The Bertz CT molecular complexity index is 432. The Hall–Kier alpha value is -1.59. The average molecular weight is 279 g/mol. The van der Waals surface area contributed by atoms with Crippen molar-refractivity contribution in [2.75, 3.05) is 40.0 Å². The third-order valence-electron chi connectivity index (χ3n) is 3.26. The third-order valence-corrected chi connectivity index (χ3v) is 3.26. The fraction of sp³-hybridized carbons (Fsp3) is 0.533. The van der Waals surface area contributed by atoms with Gasteiger partial charge in [0.25, 0.3) is 0 Å². The molecule has 0 amide bonds. The summed E-state index contributed by atoms with van der Waals surface area (Å²) in [5.74, 6) is 0.620. The maximum Gasteiger partial charge on any atom is 0.319 e. The molecule has 1 aromatic carbocycles. The van der Waals surface area contributed by atoms with Crippen LogP contribution in [0.3, 0.4) is 0 Å². The second-order valence-electron chi connectivity index (χ2n) is 4.93. The number of rotatable bonds is 5. The first-order chi connectivity index (χ1) is 9.67. The van der Waals surface area contributed by atoms with E-state index in [9.17, 15) is 4.79 Å². The second kappa shape index (κ2) is 7.26. The quantitative estimate of drug-likeness (QED) is 0.759. The van der Waals surface area contributed by atoms with Crippen LogP contribution in [0.5, 0.6) is 5.75 Å². The van der Waals surface area contributed by atoms with Crippen molar-refractivity contribution >= 4 is 5.97 Å². The molecule has 0 aromatic heterocycles. The van der Waals surface area contributed by atoms with E-state index in [0.29, 0.717) is 26.3 Å². The van der Waals surface area contributed by atoms with Crippen LogP contribution >= 0.6 is 0 Å². The number of hydrogen-bond acceptors (Lipinski definition) is 5. The smallest absolute Gasteiger partial charge is 0.319 e. The van der Waals surface area contributed by atoms with Crippen molar-refractivity contribution in [2.24, 2.45) is 0 Å². The topological polar surface area (TPSA) is 48.0 Å². The molecule has 1 aliphatic rings. The van der Waals surface area contributed by atoms with Crippen molar-refractivity contribution < 1.29 is 19.0 Å². The largest absolute Gasteiger partial charge is 0.491 e. The van der Waals surface area contributed by atoms with Gasteiger partial charge in [-0.15, -0.1) is 0 Å². The molecule has 1 saturated heterocycles. The van der Waals surface area contributed by atoms with Crippen LogP contribution in [-0.4, -0.2) is 56.9 Å². The monoisotopic (exact) mass is 279 g/mol. The Balaban J connectivity index is 1.78. The number of carbonyl (C=O) groups excluding carboxylic acids is 1. The molecule has 110 valence electrons. The van der Waals surface area contributed by atoms with Gasteiger partial charge in [0.1, 0.15) is 18.5 Å². The molecular weight excluding hydrogens is 258 g/mol. The lowest BCUT2D eigenvalue weighted by Crippen LogP contribution is -2.46. The highest BCUT2D eigenvalue weighted by Crippen LogP contribution is 2.13. The van der Waals surface area contributed by atoms with E-state index in [-0.39, 0.29) is 12.1 Å². The van der Waals surface area contributed by atoms with Crippen LogP contribution in [0, 0.1) is 6.92 Å². The van der Waals surface area contributed by atoms with Crippen molar-refractivity contribution in [3.05, 3.63) is 29.8 Å². The number of aryl methyl sites for hydroxylation is 1. The van der Waals surface area contributed by atoms with Gasteiger partial charge in [-0.1, -0.05) is 17.7 Å². The maximum absolute atomic E-state index is 11.3. The van der Waals surface area contributed by atoms with Crippen molar-refractivity contribution in [3.63, 3.8) is 0 Å². The zero-order valence-corrected chi connectivity index (χ0v) is 12.0. The van der Waals surface area contributed by atoms with Gasteiger partial charge in [0, 0.05) is 13.1 Å². The Kier molecular flexibility index (Phi) is 5.38. The standard InChI is InChI=1S/C15H21NO4/c1-12-3-5-13(6-4-12)20-11-14-9-16(7-8-19-14)10-15(17)18-2/h3-6,14H,7-11H2,1-2H3/t14-/m0/s1. The molecule has 0 bridgehead atoms. The Morgan fingerprint density at radius 3 is 2.85 bits per heavy atom. The molecular formula is C15H21NO4.